The second kappa shape index (κ2) is 26.9. The highest BCUT2D eigenvalue weighted by Gasteiger charge is 2.25. The van der Waals surface area contributed by atoms with Crippen LogP contribution < -0.4 is 0 Å². The molecule has 31 heavy (non-hydrogen) atoms. The topological polar surface area (TPSA) is 115 Å². The fourth-order valence-electron chi connectivity index (χ4n) is 2.92. The van der Waals surface area contributed by atoms with E-state index >= 15 is 0 Å². The highest BCUT2D eigenvalue weighted by molar-refractivity contribution is 5.66. The minimum atomic E-state index is -0.670. The lowest BCUT2D eigenvalue weighted by Gasteiger charge is -2.27. The molecule has 6 nitrogen and oxygen atoms in total. The van der Waals surface area contributed by atoms with Crippen molar-refractivity contribution >= 4 is 11.9 Å². The van der Waals surface area contributed by atoms with Gasteiger partial charge in [0.1, 0.15) is 0 Å². The molecule has 0 rings (SSSR count). The monoisotopic (exact) mass is 448 g/mol. The zero-order chi connectivity index (χ0) is 24.4. The van der Waals surface area contributed by atoms with Gasteiger partial charge in [-0.05, 0) is 25.7 Å². The van der Waals surface area contributed by atoms with Gasteiger partial charge in [-0.3, -0.25) is 9.59 Å². The summed E-state index contributed by atoms with van der Waals surface area (Å²) in [5.41, 5.74) is -0.212. The quantitative estimate of drug-likeness (QED) is 0.180. The molecule has 0 atom stereocenters. The van der Waals surface area contributed by atoms with Crippen molar-refractivity contribution in [2.75, 3.05) is 13.2 Å². The summed E-state index contributed by atoms with van der Waals surface area (Å²) in [7, 11) is 0. The Morgan fingerprint density at radius 2 is 0.935 bits per heavy atom. The third-order valence-electron chi connectivity index (χ3n) is 5.47. The molecule has 0 aliphatic heterocycles. The number of unbranched alkanes of at least 4 members (excludes halogenated alkanes) is 9. The largest absolute Gasteiger partial charge is 0.481 e. The Balaban J connectivity index is -0.000000380. The third-order valence-corrected chi connectivity index (χ3v) is 5.47. The molecule has 0 bridgehead atoms. The van der Waals surface area contributed by atoms with Gasteiger partial charge in [0, 0.05) is 18.3 Å². The van der Waals surface area contributed by atoms with Crippen LogP contribution in [0.4, 0.5) is 0 Å². The van der Waals surface area contributed by atoms with Crippen LogP contribution in [0.2, 0.25) is 0 Å². The van der Waals surface area contributed by atoms with Crippen LogP contribution in [-0.4, -0.2) is 45.6 Å². The Kier molecular flexibility index (Phi) is 29.9. The van der Waals surface area contributed by atoms with Gasteiger partial charge in [0.05, 0.1) is 13.2 Å². The molecule has 6 heteroatoms. The first-order valence-corrected chi connectivity index (χ1v) is 12.4. The fraction of sp³-hybridized carbons (Fsp3) is 0.920. The first-order valence-electron chi connectivity index (χ1n) is 12.4. The Morgan fingerprint density at radius 3 is 1.19 bits per heavy atom. The van der Waals surface area contributed by atoms with Crippen LogP contribution in [0.25, 0.3) is 0 Å². The Morgan fingerprint density at radius 1 is 0.581 bits per heavy atom. The molecule has 4 N–H and O–H groups in total. The van der Waals surface area contributed by atoms with E-state index in [2.05, 4.69) is 20.8 Å². The summed E-state index contributed by atoms with van der Waals surface area (Å²) in [6.45, 7) is 8.66. The molecule has 188 valence electrons. The van der Waals surface area contributed by atoms with Crippen molar-refractivity contribution in [2.24, 2.45) is 5.41 Å². The zero-order valence-electron chi connectivity index (χ0n) is 20.8. The average Bonchev–Trinajstić information content (AvgIpc) is 2.75. The van der Waals surface area contributed by atoms with E-state index in [0.717, 1.165) is 51.4 Å². The predicted molar refractivity (Wildman–Crippen MR) is 128 cm³/mol. The molecule has 0 spiro atoms. The van der Waals surface area contributed by atoms with Crippen molar-refractivity contribution in [3.8, 4) is 0 Å². The molecule has 0 amide bonds. The van der Waals surface area contributed by atoms with Crippen LogP contribution in [-0.2, 0) is 9.59 Å². The summed E-state index contributed by atoms with van der Waals surface area (Å²) in [5.74, 6) is -1.34. The first kappa shape index (κ1) is 34.5. The lowest BCUT2D eigenvalue weighted by Crippen LogP contribution is -2.28. The van der Waals surface area contributed by atoms with Gasteiger partial charge >= 0.3 is 11.9 Å². The van der Waals surface area contributed by atoms with Crippen molar-refractivity contribution in [3.63, 3.8) is 0 Å². The van der Waals surface area contributed by atoms with Crippen molar-refractivity contribution in [2.45, 2.75) is 130 Å². The van der Waals surface area contributed by atoms with E-state index in [1.165, 1.54) is 38.5 Å². The molecule has 0 saturated carbocycles. The molecule has 0 aliphatic rings. The number of carboxylic acid groups (broad SMARTS) is 2. The minimum Gasteiger partial charge on any atom is -0.481 e. The summed E-state index contributed by atoms with van der Waals surface area (Å²) in [6, 6.07) is 0. The minimum absolute atomic E-state index is 0.111. The van der Waals surface area contributed by atoms with Gasteiger partial charge in [-0.25, -0.2) is 0 Å². The molecular weight excluding hydrogens is 396 g/mol. The lowest BCUT2D eigenvalue weighted by atomic mass is 9.82. The van der Waals surface area contributed by atoms with E-state index in [1.807, 2.05) is 6.92 Å². The third kappa shape index (κ3) is 28.9. The van der Waals surface area contributed by atoms with Crippen molar-refractivity contribution < 1.29 is 30.0 Å². The number of carboxylic acids is 2. The van der Waals surface area contributed by atoms with E-state index < -0.39 is 11.9 Å². The summed E-state index contributed by atoms with van der Waals surface area (Å²) >= 11 is 0. The number of aliphatic hydroxyl groups excluding tert-OH is 2. The van der Waals surface area contributed by atoms with Gasteiger partial charge in [-0.2, -0.15) is 0 Å². The van der Waals surface area contributed by atoms with E-state index in [0.29, 0.717) is 12.8 Å². The average molecular weight is 449 g/mol. The predicted octanol–water partition coefficient (Wildman–Crippen LogP) is 6.42. The Bertz CT molecular complexity index is 348. The molecule has 0 unspecified atom stereocenters. The number of aliphatic carboxylic acids is 2. The second-order valence-corrected chi connectivity index (χ2v) is 8.39. The summed E-state index contributed by atoms with van der Waals surface area (Å²) in [4.78, 5) is 20.1. The maximum absolute atomic E-state index is 10.0. The molecule has 0 heterocycles. The molecule has 0 fully saturated rings. The molecule has 0 aromatic heterocycles. The standard InChI is InChI=1S/C9H20O2.2C8H16O2/c1-3-5-6-9(4-2,7-10)8-11;2*1-2-3-4-5-6-7-8(9)10/h10-11H,3-8H2,1-2H3;2*2-7H2,1H3,(H,9,10). The van der Waals surface area contributed by atoms with E-state index in [9.17, 15) is 9.59 Å². The van der Waals surface area contributed by atoms with Gasteiger partial charge < -0.3 is 20.4 Å². The molecule has 0 radical (unpaired) electrons. The number of carbonyl (C=O) groups is 2. The smallest absolute Gasteiger partial charge is 0.303 e. The van der Waals surface area contributed by atoms with E-state index in [-0.39, 0.29) is 18.6 Å². The number of hydrogen-bond acceptors (Lipinski definition) is 4. The Labute approximate surface area is 191 Å². The van der Waals surface area contributed by atoms with Crippen LogP contribution in [0.5, 0.6) is 0 Å². The molecule has 0 saturated heterocycles. The molecule has 0 aliphatic carbocycles. The van der Waals surface area contributed by atoms with Crippen molar-refractivity contribution in [1.82, 2.24) is 0 Å². The molecular formula is C25H52O6. The van der Waals surface area contributed by atoms with Gasteiger partial charge in [0.15, 0.2) is 0 Å². The fourth-order valence-corrected chi connectivity index (χ4v) is 2.92. The van der Waals surface area contributed by atoms with Crippen molar-refractivity contribution in [1.29, 1.82) is 0 Å². The first-order chi connectivity index (χ1) is 14.8. The second-order valence-electron chi connectivity index (χ2n) is 8.39. The SMILES string of the molecule is CCCCC(CC)(CO)CO.CCCCCCCC(=O)O.CCCCCCCC(=O)O. The van der Waals surface area contributed by atoms with E-state index in [1.54, 1.807) is 0 Å². The highest BCUT2D eigenvalue weighted by Crippen LogP contribution is 2.27. The van der Waals surface area contributed by atoms with Crippen LogP contribution in [0.15, 0.2) is 0 Å². The van der Waals surface area contributed by atoms with Crippen molar-refractivity contribution in [3.05, 3.63) is 0 Å². The normalized spacial score (nSPS) is 10.5. The summed E-state index contributed by atoms with van der Waals surface area (Å²) in [6.07, 6.45) is 15.8. The van der Waals surface area contributed by atoms with Crippen LogP contribution in [0, 0.1) is 5.41 Å². The van der Waals surface area contributed by atoms with E-state index in [4.69, 9.17) is 20.4 Å². The van der Waals surface area contributed by atoms with Crippen LogP contribution >= 0.6 is 0 Å². The summed E-state index contributed by atoms with van der Waals surface area (Å²) in [5, 5.41) is 34.6. The lowest BCUT2D eigenvalue weighted by molar-refractivity contribution is -0.138. The Hall–Kier alpha value is -1.14. The molecule has 0 aromatic carbocycles. The van der Waals surface area contributed by atoms with Gasteiger partial charge in [0.25, 0.3) is 0 Å². The van der Waals surface area contributed by atoms with Gasteiger partial charge in [0.2, 0.25) is 0 Å². The number of hydrogen-bond donors (Lipinski definition) is 4. The van der Waals surface area contributed by atoms with Crippen LogP contribution in [0.1, 0.15) is 130 Å². The summed E-state index contributed by atoms with van der Waals surface area (Å²) < 4.78 is 0. The molecule has 0 aromatic rings. The highest BCUT2D eigenvalue weighted by atomic mass is 16.4. The van der Waals surface area contributed by atoms with Gasteiger partial charge in [-0.1, -0.05) is 91.9 Å². The number of rotatable bonds is 18. The van der Waals surface area contributed by atoms with Gasteiger partial charge in [-0.15, -0.1) is 0 Å². The maximum atomic E-state index is 10.0. The maximum Gasteiger partial charge on any atom is 0.303 e. The zero-order valence-corrected chi connectivity index (χ0v) is 20.8. The van der Waals surface area contributed by atoms with Crippen LogP contribution in [0.3, 0.4) is 0 Å². The number of aliphatic hydroxyl groups is 2.